The summed E-state index contributed by atoms with van der Waals surface area (Å²) in [4.78, 5) is 0. The summed E-state index contributed by atoms with van der Waals surface area (Å²) in [6.45, 7) is 4.61. The molecule has 0 unspecified atom stereocenters. The van der Waals surface area contributed by atoms with Gasteiger partial charge in [0.2, 0.25) is 0 Å². The van der Waals surface area contributed by atoms with Gasteiger partial charge in [0.05, 0.1) is 0 Å². The molecule has 0 aromatic heterocycles. The van der Waals surface area contributed by atoms with Crippen LogP contribution in [0.3, 0.4) is 0 Å². The summed E-state index contributed by atoms with van der Waals surface area (Å²) in [5.74, 6) is 0. The van der Waals surface area contributed by atoms with Gasteiger partial charge in [0.15, 0.2) is 0 Å². The van der Waals surface area contributed by atoms with Crippen LogP contribution in [0, 0.1) is 0 Å². The minimum Gasteiger partial charge on any atom is -0.0654 e. The molecule has 0 aliphatic rings. The highest BCUT2D eigenvalue weighted by molar-refractivity contribution is 5.75. The summed E-state index contributed by atoms with van der Waals surface area (Å²) in [5, 5.41) is 0. The van der Waals surface area contributed by atoms with Crippen LogP contribution in [0.1, 0.15) is 194 Å². The largest absolute Gasteiger partial charge is 0.0654 e. The highest BCUT2D eigenvalue weighted by Gasteiger charge is 1.96. The van der Waals surface area contributed by atoms with E-state index in [1.165, 1.54) is 180 Å². The molecule has 0 nitrogen and oxygen atoms in total. The van der Waals surface area contributed by atoms with Crippen LogP contribution in [0.4, 0.5) is 0 Å². The lowest BCUT2D eigenvalue weighted by molar-refractivity contribution is 0.514. The summed E-state index contributed by atoms with van der Waals surface area (Å²) >= 11 is 0. The average Bonchev–Trinajstić information content (AvgIpc) is 2.76. The van der Waals surface area contributed by atoms with E-state index in [2.05, 4.69) is 13.8 Å². The zero-order valence-corrected chi connectivity index (χ0v) is 23.5. The van der Waals surface area contributed by atoms with Crippen molar-refractivity contribution in [3.63, 3.8) is 0 Å². The molecule has 0 spiro atoms. The van der Waals surface area contributed by atoms with E-state index >= 15 is 0 Å². The first kappa shape index (κ1) is 33.7. The molecule has 0 bridgehead atoms. The van der Waals surface area contributed by atoms with Crippen molar-refractivity contribution in [2.24, 2.45) is 0 Å². The molecular formula is C30H62Al. The monoisotopic (exact) mass is 449 g/mol. The quantitative estimate of drug-likeness (QED) is 0.0863. The summed E-state index contributed by atoms with van der Waals surface area (Å²) in [6.07, 6.45) is 41.4. The molecule has 31 heavy (non-hydrogen) atoms. The highest BCUT2D eigenvalue weighted by Crippen LogP contribution is 2.16. The SMILES string of the molecule is CCCCCCCCCCCCCCCCCCCCCCCCCCCCCC.[Al]. The molecule has 0 aliphatic carbocycles. The predicted octanol–water partition coefficient (Wildman–Crippen LogP) is 11.6. The van der Waals surface area contributed by atoms with E-state index < -0.39 is 0 Å². The van der Waals surface area contributed by atoms with Crippen molar-refractivity contribution in [1.29, 1.82) is 0 Å². The smallest absolute Gasteiger partial charge is 0 e. The molecule has 0 N–H and O–H groups in total. The topological polar surface area (TPSA) is 0 Å². The van der Waals surface area contributed by atoms with Gasteiger partial charge in [-0.3, -0.25) is 0 Å². The van der Waals surface area contributed by atoms with Crippen molar-refractivity contribution in [1.82, 2.24) is 0 Å². The number of hydrogen-bond donors (Lipinski definition) is 0. The maximum absolute atomic E-state index is 2.31. The Morgan fingerprint density at radius 2 is 0.290 bits per heavy atom. The second kappa shape index (κ2) is 32.7. The van der Waals surface area contributed by atoms with Gasteiger partial charge in [-0.25, -0.2) is 0 Å². The van der Waals surface area contributed by atoms with Crippen molar-refractivity contribution in [3.05, 3.63) is 0 Å². The Kier molecular flexibility index (Phi) is 35.6. The third-order valence-electron chi connectivity index (χ3n) is 6.96. The molecular weight excluding hydrogens is 387 g/mol. The minimum absolute atomic E-state index is 0. The van der Waals surface area contributed by atoms with E-state index in [0.717, 1.165) is 0 Å². The van der Waals surface area contributed by atoms with Gasteiger partial charge in [0.25, 0.3) is 0 Å². The maximum atomic E-state index is 2.31. The zero-order valence-electron chi connectivity index (χ0n) is 22.4. The molecule has 1 heteroatoms. The van der Waals surface area contributed by atoms with E-state index in [1.54, 1.807) is 0 Å². The molecule has 0 saturated heterocycles. The van der Waals surface area contributed by atoms with Gasteiger partial charge in [-0.1, -0.05) is 194 Å². The molecule has 0 aliphatic heterocycles. The minimum atomic E-state index is 0. The third-order valence-corrected chi connectivity index (χ3v) is 6.96. The molecule has 0 aromatic carbocycles. The van der Waals surface area contributed by atoms with Crippen LogP contribution in [0.25, 0.3) is 0 Å². The standard InChI is InChI=1S/C30H62.Al/c1-3-5-7-9-11-13-15-17-19-21-23-25-27-29-30-28-26-24-22-20-18-16-14-12-10-8-6-4-2;/h3-30H2,1-2H3;. The molecule has 0 amide bonds. The van der Waals surface area contributed by atoms with Crippen LogP contribution in [-0.4, -0.2) is 17.4 Å². The fourth-order valence-corrected chi connectivity index (χ4v) is 4.74. The second-order valence-electron chi connectivity index (χ2n) is 10.2. The normalized spacial score (nSPS) is 11.0. The Morgan fingerprint density at radius 1 is 0.194 bits per heavy atom. The van der Waals surface area contributed by atoms with Gasteiger partial charge in [-0.05, 0) is 0 Å². The predicted molar refractivity (Wildman–Crippen MR) is 146 cm³/mol. The number of rotatable bonds is 27. The summed E-state index contributed by atoms with van der Waals surface area (Å²) < 4.78 is 0. The molecule has 0 aromatic rings. The van der Waals surface area contributed by atoms with E-state index in [0.29, 0.717) is 0 Å². The van der Waals surface area contributed by atoms with E-state index in [4.69, 9.17) is 0 Å². The molecule has 0 rings (SSSR count). The van der Waals surface area contributed by atoms with Crippen molar-refractivity contribution >= 4 is 17.4 Å². The Balaban J connectivity index is 0. The van der Waals surface area contributed by atoms with Gasteiger partial charge >= 0.3 is 0 Å². The van der Waals surface area contributed by atoms with Crippen molar-refractivity contribution in [3.8, 4) is 0 Å². The highest BCUT2D eigenvalue weighted by atomic mass is 27.0. The van der Waals surface area contributed by atoms with E-state index in [9.17, 15) is 0 Å². The fourth-order valence-electron chi connectivity index (χ4n) is 4.74. The van der Waals surface area contributed by atoms with Crippen molar-refractivity contribution < 1.29 is 0 Å². The van der Waals surface area contributed by atoms with Gasteiger partial charge in [0, 0.05) is 17.4 Å². The maximum Gasteiger partial charge on any atom is 0 e. The van der Waals surface area contributed by atoms with Crippen molar-refractivity contribution in [2.45, 2.75) is 194 Å². The summed E-state index contributed by atoms with van der Waals surface area (Å²) in [5.41, 5.74) is 0. The Labute approximate surface area is 210 Å². The van der Waals surface area contributed by atoms with Crippen molar-refractivity contribution in [2.75, 3.05) is 0 Å². The first-order valence-corrected chi connectivity index (χ1v) is 14.9. The van der Waals surface area contributed by atoms with Gasteiger partial charge in [-0.2, -0.15) is 0 Å². The lowest BCUT2D eigenvalue weighted by Crippen LogP contribution is -1.84. The number of hydrogen-bond acceptors (Lipinski definition) is 0. The summed E-state index contributed by atoms with van der Waals surface area (Å²) in [6, 6.07) is 0. The van der Waals surface area contributed by atoms with Crippen LogP contribution in [0.2, 0.25) is 0 Å². The van der Waals surface area contributed by atoms with Crippen LogP contribution in [0.5, 0.6) is 0 Å². The molecule has 0 atom stereocenters. The van der Waals surface area contributed by atoms with Gasteiger partial charge < -0.3 is 0 Å². The number of unbranched alkanes of at least 4 members (excludes halogenated alkanes) is 27. The average molecular weight is 450 g/mol. The fraction of sp³-hybridized carbons (Fsp3) is 1.00. The first-order valence-electron chi connectivity index (χ1n) is 14.9. The van der Waals surface area contributed by atoms with Crippen LogP contribution in [0.15, 0.2) is 0 Å². The molecule has 185 valence electrons. The van der Waals surface area contributed by atoms with Crippen LogP contribution >= 0.6 is 0 Å². The Hall–Kier alpha value is 0.532. The van der Waals surface area contributed by atoms with E-state index in [-0.39, 0.29) is 17.4 Å². The first-order chi connectivity index (χ1) is 14.9. The second-order valence-corrected chi connectivity index (χ2v) is 10.2. The van der Waals surface area contributed by atoms with Crippen LogP contribution in [-0.2, 0) is 0 Å². The lowest BCUT2D eigenvalue weighted by atomic mass is 10.0. The Bertz CT molecular complexity index is 248. The van der Waals surface area contributed by atoms with Gasteiger partial charge in [-0.15, -0.1) is 0 Å². The summed E-state index contributed by atoms with van der Waals surface area (Å²) in [7, 11) is 0. The van der Waals surface area contributed by atoms with Gasteiger partial charge in [0.1, 0.15) is 0 Å². The van der Waals surface area contributed by atoms with Crippen LogP contribution < -0.4 is 0 Å². The zero-order chi connectivity index (χ0) is 21.8. The molecule has 3 radical (unpaired) electrons. The third kappa shape index (κ3) is 32.8. The molecule has 0 heterocycles. The van der Waals surface area contributed by atoms with E-state index in [1.807, 2.05) is 0 Å². The lowest BCUT2D eigenvalue weighted by Gasteiger charge is -2.04. The molecule has 0 fully saturated rings. The molecule has 0 saturated carbocycles. The Morgan fingerprint density at radius 3 is 0.387 bits per heavy atom.